The summed E-state index contributed by atoms with van der Waals surface area (Å²) >= 11 is 2.28. The van der Waals surface area contributed by atoms with E-state index in [4.69, 9.17) is 4.74 Å². The minimum absolute atomic E-state index is 0.514. The van der Waals surface area contributed by atoms with Crippen LogP contribution < -0.4 is 4.74 Å². The SMILES string of the molecule is Ic1ccccc1OCc1ccccc1C#Cc1ccccc1. The zero-order valence-electron chi connectivity index (χ0n) is 12.5. The lowest BCUT2D eigenvalue weighted by Gasteiger charge is -2.09. The van der Waals surface area contributed by atoms with Gasteiger partial charge in [0.15, 0.2) is 0 Å². The summed E-state index contributed by atoms with van der Waals surface area (Å²) in [6.45, 7) is 0.514. The van der Waals surface area contributed by atoms with E-state index in [9.17, 15) is 0 Å². The molecule has 0 aliphatic rings. The van der Waals surface area contributed by atoms with Gasteiger partial charge in [0.25, 0.3) is 0 Å². The Morgan fingerprint density at radius 3 is 2.26 bits per heavy atom. The van der Waals surface area contributed by atoms with Crippen LogP contribution in [0.4, 0.5) is 0 Å². The summed E-state index contributed by atoms with van der Waals surface area (Å²) < 4.78 is 7.05. The summed E-state index contributed by atoms with van der Waals surface area (Å²) in [4.78, 5) is 0. The zero-order chi connectivity index (χ0) is 15.9. The molecule has 0 unspecified atom stereocenters. The number of halogens is 1. The van der Waals surface area contributed by atoms with Gasteiger partial charge in [0, 0.05) is 16.7 Å². The maximum atomic E-state index is 5.94. The third-order valence-corrected chi connectivity index (χ3v) is 4.24. The second-order valence-corrected chi connectivity index (χ2v) is 6.15. The van der Waals surface area contributed by atoms with E-state index in [1.54, 1.807) is 0 Å². The van der Waals surface area contributed by atoms with Gasteiger partial charge in [0.05, 0.1) is 3.57 Å². The maximum Gasteiger partial charge on any atom is 0.133 e. The smallest absolute Gasteiger partial charge is 0.133 e. The van der Waals surface area contributed by atoms with E-state index in [-0.39, 0.29) is 0 Å². The predicted molar refractivity (Wildman–Crippen MR) is 102 cm³/mol. The van der Waals surface area contributed by atoms with Crippen molar-refractivity contribution >= 4 is 22.6 Å². The quantitative estimate of drug-likeness (QED) is 0.422. The molecular formula is C21H15IO. The van der Waals surface area contributed by atoms with Crippen molar-refractivity contribution < 1.29 is 4.74 Å². The number of rotatable bonds is 3. The van der Waals surface area contributed by atoms with Crippen molar-refractivity contribution in [2.24, 2.45) is 0 Å². The van der Waals surface area contributed by atoms with E-state index in [0.29, 0.717) is 6.61 Å². The first kappa shape index (κ1) is 15.6. The Kier molecular flexibility index (Phi) is 5.33. The highest BCUT2D eigenvalue weighted by Crippen LogP contribution is 2.21. The summed E-state index contributed by atoms with van der Waals surface area (Å²) in [5, 5.41) is 0. The molecule has 3 aromatic rings. The molecule has 2 heteroatoms. The van der Waals surface area contributed by atoms with E-state index in [1.165, 1.54) is 0 Å². The Labute approximate surface area is 150 Å². The topological polar surface area (TPSA) is 9.23 Å². The first-order valence-corrected chi connectivity index (χ1v) is 8.43. The predicted octanol–water partition coefficient (Wildman–Crippen LogP) is 5.27. The van der Waals surface area contributed by atoms with Gasteiger partial charge in [-0.25, -0.2) is 0 Å². The molecule has 3 aromatic carbocycles. The number of hydrogen-bond donors (Lipinski definition) is 0. The molecule has 0 radical (unpaired) electrons. The van der Waals surface area contributed by atoms with Gasteiger partial charge in [-0.05, 0) is 52.9 Å². The number of benzene rings is 3. The number of hydrogen-bond acceptors (Lipinski definition) is 1. The van der Waals surface area contributed by atoms with Crippen LogP contribution in [0.3, 0.4) is 0 Å². The van der Waals surface area contributed by atoms with Gasteiger partial charge in [0.2, 0.25) is 0 Å². The second kappa shape index (κ2) is 7.85. The molecule has 0 saturated carbocycles. The summed E-state index contributed by atoms with van der Waals surface area (Å²) in [6.07, 6.45) is 0. The van der Waals surface area contributed by atoms with Crippen molar-refractivity contribution in [3.63, 3.8) is 0 Å². The van der Waals surface area contributed by atoms with E-state index in [0.717, 1.165) is 26.0 Å². The normalized spacial score (nSPS) is 9.78. The van der Waals surface area contributed by atoms with Crippen molar-refractivity contribution in [1.29, 1.82) is 0 Å². The minimum atomic E-state index is 0.514. The molecule has 0 saturated heterocycles. The molecule has 0 aliphatic carbocycles. The molecule has 0 fully saturated rings. The number of ether oxygens (including phenoxy) is 1. The van der Waals surface area contributed by atoms with Crippen LogP contribution in [0.15, 0.2) is 78.9 Å². The Bertz CT molecular complexity index is 844. The first-order chi connectivity index (χ1) is 11.3. The summed E-state index contributed by atoms with van der Waals surface area (Å²) in [7, 11) is 0. The summed E-state index contributed by atoms with van der Waals surface area (Å²) in [5.74, 6) is 7.35. The van der Waals surface area contributed by atoms with Crippen molar-refractivity contribution in [3.8, 4) is 17.6 Å². The molecule has 0 N–H and O–H groups in total. The molecule has 0 aromatic heterocycles. The standard InChI is InChI=1S/C21H15IO/c22-20-12-6-7-13-21(20)23-16-19-11-5-4-10-18(19)15-14-17-8-2-1-3-9-17/h1-13H,16H2. The highest BCUT2D eigenvalue weighted by Gasteiger charge is 2.03. The van der Waals surface area contributed by atoms with Crippen LogP contribution in [0.5, 0.6) is 5.75 Å². The van der Waals surface area contributed by atoms with E-state index >= 15 is 0 Å². The van der Waals surface area contributed by atoms with Crippen LogP contribution in [0.1, 0.15) is 16.7 Å². The second-order valence-electron chi connectivity index (χ2n) is 4.99. The van der Waals surface area contributed by atoms with E-state index in [2.05, 4.69) is 40.5 Å². The zero-order valence-corrected chi connectivity index (χ0v) is 14.7. The fourth-order valence-electron chi connectivity index (χ4n) is 2.15. The van der Waals surface area contributed by atoms with E-state index in [1.807, 2.05) is 72.8 Å². The van der Waals surface area contributed by atoms with Gasteiger partial charge >= 0.3 is 0 Å². The molecule has 0 amide bonds. The molecular weight excluding hydrogens is 395 g/mol. The van der Waals surface area contributed by atoms with Crippen LogP contribution in [-0.2, 0) is 6.61 Å². The Balaban J connectivity index is 1.79. The average molecular weight is 410 g/mol. The van der Waals surface area contributed by atoms with Gasteiger partial charge in [0.1, 0.15) is 12.4 Å². The molecule has 0 heterocycles. The summed E-state index contributed by atoms with van der Waals surface area (Å²) in [5.41, 5.74) is 3.11. The summed E-state index contributed by atoms with van der Waals surface area (Å²) in [6, 6.07) is 26.1. The Morgan fingerprint density at radius 1 is 0.739 bits per heavy atom. The van der Waals surface area contributed by atoms with Crippen molar-refractivity contribution in [2.45, 2.75) is 6.61 Å². The highest BCUT2D eigenvalue weighted by molar-refractivity contribution is 14.1. The largest absolute Gasteiger partial charge is 0.488 e. The molecule has 0 spiro atoms. The lowest BCUT2D eigenvalue weighted by molar-refractivity contribution is 0.303. The van der Waals surface area contributed by atoms with Gasteiger partial charge in [-0.15, -0.1) is 0 Å². The lowest BCUT2D eigenvalue weighted by atomic mass is 10.1. The molecule has 23 heavy (non-hydrogen) atoms. The van der Waals surface area contributed by atoms with Gasteiger partial charge < -0.3 is 4.74 Å². The molecule has 0 bridgehead atoms. The minimum Gasteiger partial charge on any atom is -0.488 e. The van der Waals surface area contributed by atoms with Crippen LogP contribution in [-0.4, -0.2) is 0 Å². The van der Waals surface area contributed by atoms with E-state index < -0.39 is 0 Å². The van der Waals surface area contributed by atoms with Crippen LogP contribution in [0, 0.1) is 15.4 Å². The Hall–Kier alpha value is -2.25. The highest BCUT2D eigenvalue weighted by atomic mass is 127. The molecule has 3 rings (SSSR count). The molecule has 0 aliphatic heterocycles. The van der Waals surface area contributed by atoms with Gasteiger partial charge in [-0.2, -0.15) is 0 Å². The molecule has 0 atom stereocenters. The van der Waals surface area contributed by atoms with Crippen molar-refractivity contribution in [1.82, 2.24) is 0 Å². The maximum absolute atomic E-state index is 5.94. The average Bonchev–Trinajstić information content (AvgIpc) is 2.61. The number of para-hydroxylation sites is 1. The third kappa shape index (κ3) is 4.37. The van der Waals surface area contributed by atoms with Crippen LogP contribution >= 0.6 is 22.6 Å². The lowest BCUT2D eigenvalue weighted by Crippen LogP contribution is -1.99. The molecule has 112 valence electrons. The monoisotopic (exact) mass is 410 g/mol. The third-order valence-electron chi connectivity index (χ3n) is 3.35. The molecule has 1 nitrogen and oxygen atoms in total. The van der Waals surface area contributed by atoms with Gasteiger partial charge in [-0.1, -0.05) is 60.4 Å². The fourth-order valence-corrected chi connectivity index (χ4v) is 2.69. The first-order valence-electron chi connectivity index (χ1n) is 7.35. The van der Waals surface area contributed by atoms with Gasteiger partial charge in [-0.3, -0.25) is 0 Å². The Morgan fingerprint density at radius 2 is 1.43 bits per heavy atom. The fraction of sp³-hybridized carbons (Fsp3) is 0.0476. The van der Waals surface area contributed by atoms with Crippen molar-refractivity contribution in [2.75, 3.05) is 0 Å². The van der Waals surface area contributed by atoms with Crippen LogP contribution in [0.2, 0.25) is 0 Å². The van der Waals surface area contributed by atoms with Crippen LogP contribution in [0.25, 0.3) is 0 Å². The van der Waals surface area contributed by atoms with Crippen molar-refractivity contribution in [3.05, 3.63) is 99.1 Å².